The number of hydrogen-bond donors (Lipinski definition) is 0. The fourth-order valence-corrected chi connectivity index (χ4v) is 11.1. The Morgan fingerprint density at radius 2 is 0.817 bits per heavy atom. The van der Waals surface area contributed by atoms with Crippen LogP contribution in [0.4, 0.5) is 0 Å². The van der Waals surface area contributed by atoms with E-state index in [-0.39, 0.29) is 0 Å². The van der Waals surface area contributed by atoms with Crippen molar-refractivity contribution >= 4 is 65.6 Å². The molecule has 3 aromatic carbocycles. The third-order valence-electron chi connectivity index (χ3n) is 11.3. The van der Waals surface area contributed by atoms with Crippen molar-refractivity contribution in [2.75, 3.05) is 13.2 Å². The summed E-state index contributed by atoms with van der Waals surface area (Å²) in [6, 6.07) is 25.5. The summed E-state index contributed by atoms with van der Waals surface area (Å²) in [4.78, 5) is 13.5. The molecular formula is C52H64Br2N2O2S2. The van der Waals surface area contributed by atoms with E-state index in [0.717, 1.165) is 87.7 Å². The topological polar surface area (TPSA) is 44.2 Å². The van der Waals surface area contributed by atoms with E-state index >= 15 is 0 Å². The molecule has 60 heavy (non-hydrogen) atoms. The molecule has 8 heteroatoms. The number of halogens is 2. The molecule has 3 aromatic heterocycles. The zero-order valence-corrected chi connectivity index (χ0v) is 40.7. The number of unbranched alkanes of at least 4 members (excludes halogenated alkanes) is 18. The summed E-state index contributed by atoms with van der Waals surface area (Å²) < 4.78 is 14.9. The van der Waals surface area contributed by atoms with E-state index in [9.17, 15) is 0 Å². The normalized spacial score (nSPS) is 11.5. The maximum Gasteiger partial charge on any atom is 0.119 e. The van der Waals surface area contributed by atoms with Gasteiger partial charge in [0.15, 0.2) is 0 Å². The van der Waals surface area contributed by atoms with E-state index in [1.165, 1.54) is 116 Å². The lowest BCUT2D eigenvalue weighted by Crippen LogP contribution is -2.01. The molecule has 4 nitrogen and oxygen atoms in total. The number of thiophene rings is 2. The molecule has 320 valence electrons. The largest absolute Gasteiger partial charge is 0.494 e. The second-order valence-electron chi connectivity index (χ2n) is 16.1. The van der Waals surface area contributed by atoms with Crippen LogP contribution in [-0.2, 0) is 0 Å². The lowest BCUT2D eigenvalue weighted by Gasteiger charge is -2.16. The van der Waals surface area contributed by atoms with Gasteiger partial charge in [-0.2, -0.15) is 0 Å². The highest BCUT2D eigenvalue weighted by molar-refractivity contribution is 9.11. The first kappa shape index (κ1) is 46.5. The maximum absolute atomic E-state index is 6.40. The molecule has 0 unspecified atom stereocenters. The maximum atomic E-state index is 6.40. The van der Waals surface area contributed by atoms with Crippen LogP contribution in [0.5, 0.6) is 11.5 Å². The van der Waals surface area contributed by atoms with Gasteiger partial charge in [-0.3, -0.25) is 0 Å². The van der Waals surface area contributed by atoms with Crippen LogP contribution in [0.25, 0.3) is 54.4 Å². The Morgan fingerprint density at radius 1 is 0.450 bits per heavy atom. The lowest BCUT2D eigenvalue weighted by atomic mass is 10.0. The first-order valence-corrected chi connectivity index (χ1v) is 26.2. The second-order valence-corrected chi connectivity index (χ2v) is 19.6. The highest BCUT2D eigenvalue weighted by atomic mass is 79.9. The van der Waals surface area contributed by atoms with E-state index in [0.29, 0.717) is 13.2 Å². The van der Waals surface area contributed by atoms with Crippen LogP contribution in [0.15, 0.2) is 92.5 Å². The van der Waals surface area contributed by atoms with E-state index in [4.69, 9.17) is 19.4 Å². The Morgan fingerprint density at radius 3 is 1.17 bits per heavy atom. The van der Waals surface area contributed by atoms with Crippen LogP contribution in [0, 0.1) is 0 Å². The number of hydrogen-bond acceptors (Lipinski definition) is 6. The van der Waals surface area contributed by atoms with Gasteiger partial charge in [-0.25, -0.2) is 9.97 Å². The summed E-state index contributed by atoms with van der Waals surface area (Å²) in [5, 5.41) is 4.24. The Labute approximate surface area is 385 Å². The summed E-state index contributed by atoms with van der Waals surface area (Å²) >= 11 is 11.1. The molecular weight excluding hydrogens is 909 g/mol. The highest BCUT2D eigenvalue weighted by Gasteiger charge is 2.22. The van der Waals surface area contributed by atoms with Crippen LogP contribution in [0.3, 0.4) is 0 Å². The van der Waals surface area contributed by atoms with Gasteiger partial charge < -0.3 is 9.47 Å². The van der Waals surface area contributed by atoms with Gasteiger partial charge in [0.1, 0.15) is 11.5 Å². The summed E-state index contributed by atoms with van der Waals surface area (Å²) in [5.74, 6) is 1.73. The lowest BCUT2D eigenvalue weighted by molar-refractivity contribution is 0.304. The number of fused-ring (bicyclic) bond motifs is 1. The van der Waals surface area contributed by atoms with Crippen LogP contribution < -0.4 is 9.47 Å². The molecule has 0 saturated carbocycles. The van der Waals surface area contributed by atoms with Crippen LogP contribution >= 0.6 is 54.5 Å². The molecule has 6 rings (SSSR count). The fraction of sp³-hybridized carbons (Fsp3) is 0.462. The van der Waals surface area contributed by atoms with Gasteiger partial charge in [-0.15, -0.1) is 22.7 Å². The number of aromatic nitrogens is 2. The van der Waals surface area contributed by atoms with Crippen LogP contribution in [0.1, 0.15) is 142 Å². The minimum atomic E-state index is 0.713. The van der Waals surface area contributed by atoms with Gasteiger partial charge >= 0.3 is 0 Å². The molecule has 0 bridgehead atoms. The van der Waals surface area contributed by atoms with Crippen molar-refractivity contribution in [3.05, 3.63) is 92.5 Å². The average molecular weight is 973 g/mol. The molecule has 0 radical (unpaired) electrons. The Balaban J connectivity index is 1.24. The number of rotatable bonds is 28. The predicted molar refractivity (Wildman–Crippen MR) is 267 cm³/mol. The Kier molecular flexibility index (Phi) is 20.0. The molecule has 0 aliphatic rings. The van der Waals surface area contributed by atoms with Crippen molar-refractivity contribution in [1.29, 1.82) is 0 Å². The smallest absolute Gasteiger partial charge is 0.119 e. The van der Waals surface area contributed by atoms with Gasteiger partial charge in [-0.1, -0.05) is 166 Å². The zero-order valence-electron chi connectivity index (χ0n) is 35.9. The monoisotopic (exact) mass is 970 g/mol. The first-order valence-electron chi connectivity index (χ1n) is 22.8. The van der Waals surface area contributed by atoms with Crippen molar-refractivity contribution in [2.24, 2.45) is 0 Å². The standard InChI is InChI=1S/C52H64Br2N2O2S2/c1-3-5-7-9-11-13-15-17-19-21-33-57-41-27-23-25-39(37-41)47-48(40-26-24-28-42(38-40)58-34-22-20-18-16-14-12-10-8-6-4-2)56-50-44(52-46(54)32-36-60-52)30-29-43(49(50)55-47)51-45(53)31-35-59-51/h23-32,35-38H,3-22,33-34H2,1-2H3. The number of benzene rings is 3. The Hall–Kier alpha value is -3.04. The van der Waals surface area contributed by atoms with E-state index in [1.807, 2.05) is 0 Å². The molecule has 0 amide bonds. The molecule has 0 aliphatic heterocycles. The molecule has 0 saturated heterocycles. The van der Waals surface area contributed by atoms with Crippen molar-refractivity contribution in [2.45, 2.75) is 142 Å². The molecule has 0 aliphatic carbocycles. The van der Waals surface area contributed by atoms with Gasteiger partial charge in [0.2, 0.25) is 0 Å². The number of ether oxygens (including phenoxy) is 2. The Bertz CT molecular complexity index is 2030. The van der Waals surface area contributed by atoms with Crippen molar-refractivity contribution in [1.82, 2.24) is 9.97 Å². The fourth-order valence-electron chi connectivity index (χ4n) is 7.90. The molecule has 0 spiro atoms. The summed E-state index contributed by atoms with van der Waals surface area (Å²) in [6.07, 6.45) is 26.1. The zero-order chi connectivity index (χ0) is 41.8. The summed E-state index contributed by atoms with van der Waals surface area (Å²) in [6.45, 7) is 5.99. The first-order chi connectivity index (χ1) is 29.6. The second kappa shape index (κ2) is 25.8. The predicted octanol–water partition coefficient (Wildman–Crippen LogP) is 18.5. The summed E-state index contributed by atoms with van der Waals surface area (Å²) in [5.41, 5.74) is 7.49. The molecule has 6 aromatic rings. The minimum absolute atomic E-state index is 0.713. The molecule has 0 atom stereocenters. The van der Waals surface area contributed by atoms with E-state index in [1.54, 1.807) is 22.7 Å². The SMILES string of the molecule is CCCCCCCCCCCCOc1cccc(-c2nc3c(-c4sccc4Br)ccc(-c4sccc4Br)c3nc2-c2cccc(OCCCCCCCCCCCC)c2)c1. The third kappa shape index (κ3) is 13.7. The van der Waals surface area contributed by atoms with Gasteiger partial charge in [0, 0.05) is 31.2 Å². The molecule has 3 heterocycles. The highest BCUT2D eigenvalue weighted by Crippen LogP contribution is 2.45. The van der Waals surface area contributed by atoms with Crippen molar-refractivity contribution in [3.8, 4) is 54.9 Å². The van der Waals surface area contributed by atoms with Gasteiger partial charge in [-0.05, 0) is 91.9 Å². The van der Waals surface area contributed by atoms with E-state index < -0.39 is 0 Å². The van der Waals surface area contributed by atoms with Gasteiger partial charge in [0.05, 0.1) is 45.4 Å². The average Bonchev–Trinajstić information content (AvgIpc) is 3.91. The number of nitrogens with zero attached hydrogens (tertiary/aromatic N) is 2. The molecule has 0 fully saturated rings. The van der Waals surface area contributed by atoms with Crippen molar-refractivity contribution < 1.29 is 9.47 Å². The summed E-state index contributed by atoms with van der Waals surface area (Å²) in [7, 11) is 0. The van der Waals surface area contributed by atoms with E-state index in [2.05, 4.69) is 129 Å². The molecule has 0 N–H and O–H groups in total. The minimum Gasteiger partial charge on any atom is -0.494 e. The third-order valence-corrected chi connectivity index (χ3v) is 15.0. The van der Waals surface area contributed by atoms with Crippen LogP contribution in [0.2, 0.25) is 0 Å². The van der Waals surface area contributed by atoms with Crippen LogP contribution in [-0.4, -0.2) is 23.2 Å². The van der Waals surface area contributed by atoms with Gasteiger partial charge in [0.25, 0.3) is 0 Å². The van der Waals surface area contributed by atoms with Crippen molar-refractivity contribution in [3.63, 3.8) is 0 Å². The quantitative estimate of drug-likeness (QED) is 0.0460.